The molecule has 140 valence electrons. The lowest BCUT2D eigenvalue weighted by Crippen LogP contribution is -2.41. The monoisotopic (exact) mass is 400 g/mol. The molecule has 0 bridgehead atoms. The van der Waals surface area contributed by atoms with Crippen LogP contribution in [0.3, 0.4) is 0 Å². The van der Waals surface area contributed by atoms with Crippen molar-refractivity contribution in [1.29, 1.82) is 0 Å². The summed E-state index contributed by atoms with van der Waals surface area (Å²) in [5.41, 5.74) is 3.24. The molecule has 2 N–H and O–H groups in total. The minimum atomic E-state index is -4.28. The second-order valence-corrected chi connectivity index (χ2v) is 8.96. The Balaban J connectivity index is 1.71. The number of fused-ring (bicyclic) bond motifs is 1. The van der Waals surface area contributed by atoms with Gasteiger partial charge in [0, 0.05) is 10.9 Å². The van der Waals surface area contributed by atoms with Gasteiger partial charge < -0.3 is 0 Å². The lowest BCUT2D eigenvalue weighted by Gasteiger charge is -2.08. The van der Waals surface area contributed by atoms with Crippen LogP contribution in [0.5, 0.6) is 0 Å². The highest BCUT2D eigenvalue weighted by Gasteiger charge is 2.20. The topological polar surface area (TPSA) is 75.3 Å². The van der Waals surface area contributed by atoms with Crippen LogP contribution in [0, 0.1) is 11.6 Å². The van der Waals surface area contributed by atoms with Crippen LogP contribution in [-0.4, -0.2) is 14.3 Å². The van der Waals surface area contributed by atoms with E-state index in [1.807, 2.05) is 4.83 Å². The van der Waals surface area contributed by atoms with Gasteiger partial charge in [0.25, 0.3) is 15.9 Å². The van der Waals surface area contributed by atoms with Crippen LogP contribution < -0.4 is 10.3 Å². The lowest BCUT2D eigenvalue weighted by molar-refractivity contribution is 0.0949. The number of nitrogens with one attached hydrogen (secondary N) is 2. The van der Waals surface area contributed by atoms with Crippen molar-refractivity contribution in [2.24, 2.45) is 0 Å². The van der Waals surface area contributed by atoms with Crippen molar-refractivity contribution < 1.29 is 22.0 Å². The van der Waals surface area contributed by atoms with Crippen molar-refractivity contribution >= 4 is 27.3 Å². The molecule has 1 heterocycles. The quantitative estimate of drug-likeness (QED) is 0.774. The molecule has 26 heavy (non-hydrogen) atoms. The van der Waals surface area contributed by atoms with E-state index < -0.39 is 32.5 Å². The van der Waals surface area contributed by atoms with E-state index in [1.165, 1.54) is 24.2 Å². The molecule has 5 nitrogen and oxygen atoms in total. The number of thiophene rings is 1. The number of sulfonamides is 1. The Labute approximate surface area is 154 Å². The van der Waals surface area contributed by atoms with E-state index in [4.69, 9.17) is 0 Å². The molecule has 9 heteroatoms. The standard InChI is InChI=1S/C17H18F2N2O3S2/c18-12-8-13(19)10-14(9-12)26(23,24)21-20-17(22)16-7-11-5-3-1-2-4-6-15(11)25-16/h7-10,21H,1-6H2,(H,20,22). The molecule has 2 aromatic rings. The summed E-state index contributed by atoms with van der Waals surface area (Å²) in [4.78, 5) is 15.1. The number of hydrazine groups is 1. The van der Waals surface area contributed by atoms with Crippen molar-refractivity contribution in [2.75, 3.05) is 0 Å². The van der Waals surface area contributed by atoms with Gasteiger partial charge in [-0.1, -0.05) is 12.8 Å². The minimum Gasteiger partial charge on any atom is -0.273 e. The van der Waals surface area contributed by atoms with Gasteiger partial charge in [0.1, 0.15) is 11.6 Å². The van der Waals surface area contributed by atoms with Crippen molar-refractivity contribution in [2.45, 2.75) is 43.4 Å². The van der Waals surface area contributed by atoms with E-state index in [9.17, 15) is 22.0 Å². The highest BCUT2D eigenvalue weighted by Crippen LogP contribution is 2.28. The Hall–Kier alpha value is -1.84. The number of amides is 1. The fourth-order valence-corrected chi connectivity index (χ4v) is 4.90. The average Bonchev–Trinajstić information content (AvgIpc) is 2.94. The number of aryl methyl sites for hydroxylation is 2. The van der Waals surface area contributed by atoms with E-state index in [0.717, 1.165) is 36.1 Å². The number of rotatable bonds is 4. The van der Waals surface area contributed by atoms with Gasteiger partial charge in [-0.2, -0.15) is 0 Å². The van der Waals surface area contributed by atoms with E-state index >= 15 is 0 Å². The van der Waals surface area contributed by atoms with Crippen LogP contribution >= 0.6 is 11.3 Å². The van der Waals surface area contributed by atoms with Gasteiger partial charge in [0.15, 0.2) is 0 Å². The molecule has 0 aliphatic heterocycles. The molecule has 0 fully saturated rings. The van der Waals surface area contributed by atoms with Crippen LogP contribution in [0.1, 0.15) is 45.8 Å². The van der Waals surface area contributed by atoms with Gasteiger partial charge in [-0.25, -0.2) is 17.2 Å². The minimum absolute atomic E-state index is 0.407. The summed E-state index contributed by atoms with van der Waals surface area (Å²) in [7, 11) is -4.28. The first-order valence-corrected chi connectivity index (χ1v) is 10.5. The maximum atomic E-state index is 13.2. The van der Waals surface area contributed by atoms with Crippen molar-refractivity contribution in [1.82, 2.24) is 10.3 Å². The first-order valence-electron chi connectivity index (χ1n) is 8.25. The van der Waals surface area contributed by atoms with Crippen LogP contribution in [0.15, 0.2) is 29.2 Å². The number of hydrogen-bond donors (Lipinski definition) is 2. The zero-order chi connectivity index (χ0) is 18.7. The van der Waals surface area contributed by atoms with E-state index in [-0.39, 0.29) is 0 Å². The molecule has 1 aromatic heterocycles. The van der Waals surface area contributed by atoms with Gasteiger partial charge in [-0.05, 0) is 49.4 Å². The molecule has 1 amide bonds. The summed E-state index contributed by atoms with van der Waals surface area (Å²) in [6.45, 7) is 0. The molecule has 0 spiro atoms. The summed E-state index contributed by atoms with van der Waals surface area (Å²) < 4.78 is 50.6. The number of halogens is 2. The van der Waals surface area contributed by atoms with Gasteiger partial charge in [0.05, 0.1) is 9.77 Å². The fraction of sp³-hybridized carbons (Fsp3) is 0.353. The van der Waals surface area contributed by atoms with Gasteiger partial charge in [-0.15, -0.1) is 16.2 Å². The second-order valence-electron chi connectivity index (χ2n) is 6.14. The highest BCUT2D eigenvalue weighted by atomic mass is 32.2. The summed E-state index contributed by atoms with van der Waals surface area (Å²) in [6.07, 6.45) is 6.31. The van der Waals surface area contributed by atoms with E-state index in [0.29, 0.717) is 23.1 Å². The van der Waals surface area contributed by atoms with Gasteiger partial charge in [-0.3, -0.25) is 10.2 Å². The zero-order valence-electron chi connectivity index (χ0n) is 13.8. The van der Waals surface area contributed by atoms with Crippen molar-refractivity contribution in [3.05, 3.63) is 51.2 Å². The van der Waals surface area contributed by atoms with Crippen molar-refractivity contribution in [3.8, 4) is 0 Å². The summed E-state index contributed by atoms with van der Waals surface area (Å²) in [6, 6.07) is 3.71. The predicted molar refractivity (Wildman–Crippen MR) is 94.3 cm³/mol. The maximum Gasteiger partial charge on any atom is 0.276 e. The Bertz CT molecular complexity index is 880. The third-order valence-electron chi connectivity index (χ3n) is 4.17. The first-order chi connectivity index (χ1) is 12.3. The molecule has 0 radical (unpaired) electrons. The Kier molecular flexibility index (Phi) is 5.69. The molecular weight excluding hydrogens is 382 g/mol. The second kappa shape index (κ2) is 7.81. The maximum absolute atomic E-state index is 13.2. The Morgan fingerprint density at radius 1 is 0.962 bits per heavy atom. The molecule has 0 saturated carbocycles. The van der Waals surface area contributed by atoms with E-state index in [1.54, 1.807) is 6.07 Å². The summed E-state index contributed by atoms with van der Waals surface area (Å²) >= 11 is 1.35. The molecule has 0 unspecified atom stereocenters. The van der Waals surface area contributed by atoms with Crippen LogP contribution in [0.25, 0.3) is 0 Å². The summed E-state index contributed by atoms with van der Waals surface area (Å²) in [5.74, 6) is -2.63. The van der Waals surface area contributed by atoms with Crippen LogP contribution in [0.2, 0.25) is 0 Å². The molecule has 0 saturated heterocycles. The molecule has 1 aliphatic carbocycles. The zero-order valence-corrected chi connectivity index (χ0v) is 15.5. The van der Waals surface area contributed by atoms with Gasteiger partial charge >= 0.3 is 0 Å². The Morgan fingerprint density at radius 2 is 1.62 bits per heavy atom. The molecule has 1 aromatic carbocycles. The molecule has 1 aliphatic rings. The normalized spacial score (nSPS) is 15.0. The van der Waals surface area contributed by atoms with E-state index in [2.05, 4.69) is 5.43 Å². The van der Waals surface area contributed by atoms with Crippen LogP contribution in [0.4, 0.5) is 8.78 Å². The average molecular weight is 400 g/mol. The lowest BCUT2D eigenvalue weighted by atomic mass is 10.00. The predicted octanol–water partition coefficient (Wildman–Crippen LogP) is 3.31. The molecule has 3 rings (SSSR count). The highest BCUT2D eigenvalue weighted by molar-refractivity contribution is 7.89. The van der Waals surface area contributed by atoms with Crippen molar-refractivity contribution in [3.63, 3.8) is 0 Å². The van der Waals surface area contributed by atoms with Crippen LogP contribution in [-0.2, 0) is 22.9 Å². The largest absolute Gasteiger partial charge is 0.276 e. The van der Waals surface area contributed by atoms with Gasteiger partial charge in [0.2, 0.25) is 0 Å². The fourth-order valence-electron chi connectivity index (χ4n) is 2.87. The third-order valence-corrected chi connectivity index (χ3v) is 6.63. The molecule has 0 atom stereocenters. The number of benzene rings is 1. The smallest absolute Gasteiger partial charge is 0.273 e. The Morgan fingerprint density at radius 3 is 2.31 bits per heavy atom. The summed E-state index contributed by atoms with van der Waals surface area (Å²) in [5, 5.41) is 0. The third kappa shape index (κ3) is 4.46. The number of carbonyl (C=O) groups is 1. The SMILES string of the molecule is O=C(NNS(=O)(=O)c1cc(F)cc(F)c1)c1cc2c(s1)CCCCCC2. The number of carbonyl (C=O) groups excluding carboxylic acids is 1. The number of hydrogen-bond acceptors (Lipinski definition) is 4. The molecular formula is C17H18F2N2O3S2. The first kappa shape index (κ1) is 18.9.